The standard InChI is InChI=1S/C25H30Cl2N2O4/c1-25(2,3)32-24(30)29-12-15-9-10-16(29)11-20(15)31-13-17-22(28-33-23(17)14-7-8-14)21-18(26)5-4-6-19(21)27/h4-6,14-16,20H,7-13H2,1-3H3/t15-,16-,20-/m1/s1. The Labute approximate surface area is 204 Å². The predicted molar refractivity (Wildman–Crippen MR) is 127 cm³/mol. The summed E-state index contributed by atoms with van der Waals surface area (Å²) in [5.41, 5.74) is 1.81. The number of hydrogen-bond donors (Lipinski definition) is 0. The Morgan fingerprint density at radius 3 is 2.52 bits per heavy atom. The number of ether oxygens (including phenoxy) is 2. The number of piperidine rings is 2. The van der Waals surface area contributed by atoms with Crippen molar-refractivity contribution in [1.29, 1.82) is 0 Å². The molecule has 1 aromatic heterocycles. The third kappa shape index (κ3) is 4.75. The molecule has 33 heavy (non-hydrogen) atoms. The molecular formula is C25H30Cl2N2O4. The highest BCUT2D eigenvalue weighted by Gasteiger charge is 2.44. The Kier molecular flexibility index (Phi) is 6.13. The summed E-state index contributed by atoms with van der Waals surface area (Å²) in [7, 11) is 0. The smallest absolute Gasteiger partial charge is 0.410 e. The maximum atomic E-state index is 12.7. The number of carbonyl (C=O) groups excluding carboxylic acids is 1. The van der Waals surface area contributed by atoms with Crippen LogP contribution in [-0.2, 0) is 16.1 Å². The molecule has 0 radical (unpaired) electrons. The summed E-state index contributed by atoms with van der Waals surface area (Å²) in [6.07, 6.45) is 4.91. The summed E-state index contributed by atoms with van der Waals surface area (Å²) < 4.78 is 17.9. The van der Waals surface area contributed by atoms with Crippen LogP contribution in [0.5, 0.6) is 0 Å². The van der Waals surface area contributed by atoms with Crippen molar-refractivity contribution in [3.05, 3.63) is 39.6 Å². The molecule has 2 saturated heterocycles. The van der Waals surface area contributed by atoms with E-state index in [1.807, 2.05) is 43.9 Å². The lowest BCUT2D eigenvalue weighted by molar-refractivity contribution is -0.0934. The second-order valence-corrected chi connectivity index (χ2v) is 11.3. The SMILES string of the molecule is CC(C)(C)OC(=O)N1C[C@H]2CC[C@@H]1C[C@H]2OCc1c(-c2c(Cl)cccc2Cl)noc1C1CC1. The van der Waals surface area contributed by atoms with Gasteiger partial charge in [-0.05, 0) is 65.0 Å². The van der Waals surface area contributed by atoms with Crippen LogP contribution in [0.25, 0.3) is 11.3 Å². The first-order valence-corrected chi connectivity index (χ1v) is 12.5. The van der Waals surface area contributed by atoms with E-state index in [1.165, 1.54) is 0 Å². The molecule has 1 aromatic carbocycles. The van der Waals surface area contributed by atoms with Crippen molar-refractivity contribution in [2.45, 2.75) is 83.1 Å². The number of halogens is 2. The van der Waals surface area contributed by atoms with Gasteiger partial charge in [0.15, 0.2) is 0 Å². The van der Waals surface area contributed by atoms with Gasteiger partial charge in [0, 0.05) is 35.5 Å². The van der Waals surface area contributed by atoms with E-state index in [1.54, 1.807) is 0 Å². The zero-order chi connectivity index (χ0) is 23.3. The number of amides is 1. The normalized spacial score (nSPS) is 24.9. The third-order valence-corrected chi connectivity index (χ3v) is 7.44. The maximum absolute atomic E-state index is 12.7. The van der Waals surface area contributed by atoms with Gasteiger partial charge >= 0.3 is 6.09 Å². The number of aromatic nitrogens is 1. The third-order valence-electron chi connectivity index (χ3n) is 6.81. The minimum Gasteiger partial charge on any atom is -0.444 e. The highest BCUT2D eigenvalue weighted by molar-refractivity contribution is 6.39. The van der Waals surface area contributed by atoms with Crippen molar-refractivity contribution in [2.24, 2.45) is 5.92 Å². The molecule has 3 atom stereocenters. The number of hydrogen-bond acceptors (Lipinski definition) is 5. The lowest BCUT2D eigenvalue weighted by Crippen LogP contribution is -2.57. The van der Waals surface area contributed by atoms with Crippen LogP contribution in [0.2, 0.25) is 10.0 Å². The summed E-state index contributed by atoms with van der Waals surface area (Å²) >= 11 is 13.0. The first-order valence-electron chi connectivity index (χ1n) is 11.8. The minimum absolute atomic E-state index is 0.0824. The van der Waals surface area contributed by atoms with Gasteiger partial charge in [0.1, 0.15) is 17.1 Å². The molecule has 4 aliphatic rings. The van der Waals surface area contributed by atoms with E-state index in [0.29, 0.717) is 46.3 Å². The van der Waals surface area contributed by atoms with Gasteiger partial charge in [-0.1, -0.05) is 34.4 Å². The highest BCUT2D eigenvalue weighted by Crippen LogP contribution is 2.46. The Morgan fingerprint density at radius 1 is 1.18 bits per heavy atom. The van der Waals surface area contributed by atoms with Crippen molar-refractivity contribution < 1.29 is 18.8 Å². The van der Waals surface area contributed by atoms with Crippen LogP contribution in [-0.4, -0.2) is 40.4 Å². The van der Waals surface area contributed by atoms with Gasteiger partial charge in [-0.25, -0.2) is 4.79 Å². The molecular weight excluding hydrogens is 463 g/mol. The molecule has 2 bridgehead atoms. The Hall–Kier alpha value is -1.76. The van der Waals surface area contributed by atoms with Crippen molar-refractivity contribution in [1.82, 2.24) is 10.1 Å². The van der Waals surface area contributed by atoms with Crippen molar-refractivity contribution in [2.75, 3.05) is 6.54 Å². The fourth-order valence-corrected chi connectivity index (χ4v) is 5.63. The van der Waals surface area contributed by atoms with Crippen molar-refractivity contribution >= 4 is 29.3 Å². The molecule has 2 aliphatic carbocycles. The second kappa shape index (κ2) is 8.79. The van der Waals surface area contributed by atoms with E-state index in [9.17, 15) is 4.79 Å². The molecule has 1 amide bonds. The van der Waals surface area contributed by atoms with Gasteiger partial charge in [-0.3, -0.25) is 0 Å². The van der Waals surface area contributed by atoms with Gasteiger partial charge in [-0.2, -0.15) is 0 Å². The highest BCUT2D eigenvalue weighted by atomic mass is 35.5. The van der Waals surface area contributed by atoms with E-state index in [2.05, 4.69) is 5.16 Å². The number of benzene rings is 1. The Morgan fingerprint density at radius 2 is 1.91 bits per heavy atom. The molecule has 2 aliphatic heterocycles. The summed E-state index contributed by atoms with van der Waals surface area (Å²) in [5.74, 6) is 1.56. The van der Waals surface area contributed by atoms with E-state index >= 15 is 0 Å². The molecule has 2 aromatic rings. The average Bonchev–Trinajstić information content (AvgIpc) is 3.52. The molecule has 178 valence electrons. The summed E-state index contributed by atoms with van der Waals surface area (Å²) in [5, 5.41) is 5.45. The van der Waals surface area contributed by atoms with E-state index in [4.69, 9.17) is 37.2 Å². The van der Waals surface area contributed by atoms with Gasteiger partial charge in [0.2, 0.25) is 0 Å². The summed E-state index contributed by atoms with van der Waals surface area (Å²) in [6.45, 7) is 6.77. The van der Waals surface area contributed by atoms with Crippen LogP contribution >= 0.6 is 23.2 Å². The van der Waals surface area contributed by atoms with Gasteiger partial charge in [0.25, 0.3) is 0 Å². The Balaban J connectivity index is 1.32. The van der Waals surface area contributed by atoms with E-state index in [0.717, 1.165) is 43.4 Å². The van der Waals surface area contributed by atoms with E-state index < -0.39 is 5.60 Å². The number of nitrogens with zero attached hydrogens (tertiary/aromatic N) is 2. The molecule has 6 nitrogen and oxygen atoms in total. The molecule has 2 saturated carbocycles. The van der Waals surface area contributed by atoms with E-state index in [-0.39, 0.29) is 18.2 Å². The van der Waals surface area contributed by atoms with Crippen LogP contribution < -0.4 is 0 Å². The molecule has 0 unspecified atom stereocenters. The number of rotatable bonds is 5. The van der Waals surface area contributed by atoms with Crippen LogP contribution in [0.4, 0.5) is 4.79 Å². The molecule has 8 heteroatoms. The van der Waals surface area contributed by atoms with Crippen LogP contribution in [0, 0.1) is 5.92 Å². The van der Waals surface area contributed by atoms with Crippen LogP contribution in [0.1, 0.15) is 70.1 Å². The number of carbonyl (C=O) groups is 1. The second-order valence-electron chi connectivity index (χ2n) is 10.5. The molecule has 3 heterocycles. The molecule has 4 fully saturated rings. The molecule has 0 N–H and O–H groups in total. The quantitative estimate of drug-likeness (QED) is 0.457. The van der Waals surface area contributed by atoms with Crippen LogP contribution in [0.3, 0.4) is 0 Å². The fourth-order valence-electron chi connectivity index (χ4n) is 5.05. The monoisotopic (exact) mass is 492 g/mol. The molecule has 6 rings (SSSR count). The zero-order valence-electron chi connectivity index (χ0n) is 19.3. The predicted octanol–water partition coefficient (Wildman–Crippen LogP) is 6.83. The lowest BCUT2D eigenvalue weighted by Gasteiger charge is -2.49. The average molecular weight is 493 g/mol. The number of fused-ring (bicyclic) bond motifs is 3. The fraction of sp³-hybridized carbons (Fsp3) is 0.600. The van der Waals surface area contributed by atoms with Crippen molar-refractivity contribution in [3.8, 4) is 11.3 Å². The van der Waals surface area contributed by atoms with Crippen molar-refractivity contribution in [3.63, 3.8) is 0 Å². The van der Waals surface area contributed by atoms with Gasteiger partial charge in [-0.15, -0.1) is 0 Å². The summed E-state index contributed by atoms with van der Waals surface area (Å²) in [4.78, 5) is 14.6. The van der Waals surface area contributed by atoms with Gasteiger partial charge in [0.05, 0.1) is 22.8 Å². The molecule has 0 spiro atoms. The lowest BCUT2D eigenvalue weighted by atomic mass is 9.78. The van der Waals surface area contributed by atoms with Gasteiger partial charge < -0.3 is 18.9 Å². The largest absolute Gasteiger partial charge is 0.444 e. The van der Waals surface area contributed by atoms with Crippen LogP contribution in [0.15, 0.2) is 22.7 Å². The maximum Gasteiger partial charge on any atom is 0.410 e. The Bertz CT molecular complexity index is 1020. The minimum atomic E-state index is -0.493. The zero-order valence-corrected chi connectivity index (χ0v) is 20.8. The topological polar surface area (TPSA) is 64.8 Å². The first-order chi connectivity index (χ1) is 15.7. The summed E-state index contributed by atoms with van der Waals surface area (Å²) in [6, 6.07) is 5.59. The first kappa shape index (κ1) is 23.0.